The van der Waals surface area contributed by atoms with Gasteiger partial charge in [-0.05, 0) is 30.7 Å². The molecule has 2 aromatic carbocycles. The minimum Gasteiger partial charge on any atom is -0.497 e. The molecule has 3 N–H and O–H groups in total. The van der Waals surface area contributed by atoms with Crippen LogP contribution >= 0.6 is 0 Å². The second kappa shape index (κ2) is 6.43. The lowest BCUT2D eigenvalue weighted by atomic mass is 9.98. The third-order valence-electron chi connectivity index (χ3n) is 3.97. The Morgan fingerprint density at radius 1 is 1.00 bits per heavy atom. The molecule has 0 bridgehead atoms. The Kier molecular flexibility index (Phi) is 4.17. The van der Waals surface area contributed by atoms with E-state index in [0.29, 0.717) is 11.4 Å². The number of hydrogen-bond acceptors (Lipinski definition) is 3. The molecule has 0 aliphatic rings. The minimum atomic E-state index is 0.362. The van der Waals surface area contributed by atoms with Crippen LogP contribution in [0.4, 0.5) is 5.82 Å². The molecule has 0 spiro atoms. The molecule has 0 unspecified atom stereocenters. The molecule has 0 radical (unpaired) electrons. The van der Waals surface area contributed by atoms with Crippen molar-refractivity contribution in [3.63, 3.8) is 0 Å². The van der Waals surface area contributed by atoms with Crippen molar-refractivity contribution in [2.75, 3.05) is 12.8 Å². The average molecular weight is 316 g/mol. The lowest BCUT2D eigenvalue weighted by Crippen LogP contribution is -2.16. The highest BCUT2D eigenvalue weighted by atomic mass is 16.5. The molecule has 0 saturated carbocycles. The number of nitrogens with zero attached hydrogens (tertiary/aromatic N) is 1. The number of aryl methyl sites for hydroxylation is 1. The fourth-order valence-corrected chi connectivity index (χ4v) is 2.61. The van der Waals surface area contributed by atoms with Crippen molar-refractivity contribution in [1.29, 1.82) is 5.26 Å². The molecule has 1 aromatic heterocycles. The summed E-state index contributed by atoms with van der Waals surface area (Å²) in [6.45, 7) is 2.05. The smallest absolute Gasteiger partial charge is 0.289 e. The molecule has 1 heterocycles. The summed E-state index contributed by atoms with van der Waals surface area (Å²) in [5.41, 5.74) is 11.3. The summed E-state index contributed by atoms with van der Waals surface area (Å²) in [5.74, 6) is 1.13. The van der Waals surface area contributed by atoms with Crippen molar-refractivity contribution in [2.45, 2.75) is 6.92 Å². The molecular weight excluding hydrogens is 298 g/mol. The fourth-order valence-electron chi connectivity index (χ4n) is 2.61. The molecule has 0 amide bonds. The second-order valence-corrected chi connectivity index (χ2v) is 5.59. The normalized spacial score (nSPS) is 10.2. The molecule has 0 aliphatic carbocycles. The molecule has 0 atom stereocenters. The summed E-state index contributed by atoms with van der Waals surface area (Å²) < 4.78 is 5.19. The number of pyridine rings is 1. The third kappa shape index (κ3) is 2.92. The van der Waals surface area contributed by atoms with Crippen molar-refractivity contribution < 1.29 is 9.72 Å². The molecule has 3 rings (SSSR count). The van der Waals surface area contributed by atoms with Gasteiger partial charge in [0.1, 0.15) is 23.1 Å². The zero-order valence-corrected chi connectivity index (χ0v) is 13.6. The van der Waals surface area contributed by atoms with Gasteiger partial charge in [0.05, 0.1) is 7.11 Å². The quantitative estimate of drug-likeness (QED) is 0.802. The SMILES string of the molecule is COc1ccc(-c2cc(-c3ccc(C)cc3)[nH+]c(N)c2C#N)cc1. The van der Waals surface area contributed by atoms with Gasteiger partial charge in [0.15, 0.2) is 0 Å². The lowest BCUT2D eigenvalue weighted by Gasteiger charge is -2.08. The maximum Gasteiger partial charge on any atom is 0.289 e. The average Bonchev–Trinajstić information content (AvgIpc) is 2.61. The van der Waals surface area contributed by atoms with E-state index in [0.717, 1.165) is 28.1 Å². The highest BCUT2D eigenvalue weighted by Crippen LogP contribution is 2.30. The Morgan fingerprint density at radius 3 is 2.21 bits per heavy atom. The minimum absolute atomic E-state index is 0.362. The van der Waals surface area contributed by atoms with Crippen LogP contribution in [0.25, 0.3) is 22.4 Å². The highest BCUT2D eigenvalue weighted by Gasteiger charge is 2.17. The number of benzene rings is 2. The third-order valence-corrected chi connectivity index (χ3v) is 3.97. The van der Waals surface area contributed by atoms with Gasteiger partial charge in [0.2, 0.25) is 0 Å². The lowest BCUT2D eigenvalue weighted by molar-refractivity contribution is -0.346. The number of aromatic nitrogens is 1. The van der Waals surface area contributed by atoms with Gasteiger partial charge >= 0.3 is 0 Å². The number of H-pyrrole nitrogens is 1. The predicted molar refractivity (Wildman–Crippen MR) is 94.3 cm³/mol. The Balaban J connectivity index is 2.16. The van der Waals surface area contributed by atoms with Gasteiger partial charge in [-0.15, -0.1) is 0 Å². The van der Waals surface area contributed by atoms with E-state index < -0.39 is 0 Å². The van der Waals surface area contributed by atoms with E-state index in [-0.39, 0.29) is 0 Å². The van der Waals surface area contributed by atoms with E-state index in [1.54, 1.807) is 7.11 Å². The number of nitrogen functional groups attached to an aromatic ring is 1. The Bertz CT molecular complexity index is 907. The number of nitrogens with two attached hydrogens (primary N) is 1. The van der Waals surface area contributed by atoms with Gasteiger partial charge in [-0.25, -0.2) is 4.98 Å². The summed E-state index contributed by atoms with van der Waals surface area (Å²) in [4.78, 5) is 3.13. The molecular formula is C20H18N3O+. The number of aromatic amines is 1. The van der Waals surface area contributed by atoms with Gasteiger partial charge in [-0.1, -0.05) is 42.0 Å². The van der Waals surface area contributed by atoms with Crippen molar-refractivity contribution in [2.24, 2.45) is 0 Å². The summed E-state index contributed by atoms with van der Waals surface area (Å²) in [6, 6.07) is 19.9. The molecule has 3 aromatic rings. The van der Waals surface area contributed by atoms with Gasteiger partial charge in [-0.2, -0.15) is 5.26 Å². The topological polar surface area (TPSA) is 73.2 Å². The zero-order valence-electron chi connectivity index (χ0n) is 13.6. The fraction of sp³-hybridized carbons (Fsp3) is 0.100. The van der Waals surface area contributed by atoms with Crippen molar-refractivity contribution >= 4 is 5.82 Å². The van der Waals surface area contributed by atoms with Gasteiger partial charge < -0.3 is 4.74 Å². The van der Waals surface area contributed by atoms with Crippen LogP contribution in [-0.4, -0.2) is 7.11 Å². The first-order chi connectivity index (χ1) is 11.6. The maximum atomic E-state index is 9.48. The molecule has 118 valence electrons. The van der Waals surface area contributed by atoms with Crippen molar-refractivity contribution in [3.05, 3.63) is 65.7 Å². The van der Waals surface area contributed by atoms with Crippen LogP contribution in [0.3, 0.4) is 0 Å². The van der Waals surface area contributed by atoms with Crippen LogP contribution in [0.1, 0.15) is 11.1 Å². The van der Waals surface area contributed by atoms with E-state index in [1.807, 2.05) is 61.5 Å². The number of nitrogens with one attached hydrogen (secondary N) is 1. The van der Waals surface area contributed by atoms with Crippen molar-refractivity contribution in [3.8, 4) is 34.2 Å². The molecule has 4 nitrogen and oxygen atoms in total. The maximum absolute atomic E-state index is 9.48. The predicted octanol–water partition coefficient (Wildman–Crippen LogP) is 3.61. The van der Waals surface area contributed by atoms with Gasteiger partial charge in [0.25, 0.3) is 5.82 Å². The number of rotatable bonds is 3. The van der Waals surface area contributed by atoms with E-state index in [9.17, 15) is 5.26 Å². The van der Waals surface area contributed by atoms with E-state index in [2.05, 4.69) is 11.1 Å². The molecule has 24 heavy (non-hydrogen) atoms. The number of methoxy groups -OCH3 is 1. The van der Waals surface area contributed by atoms with Crippen LogP contribution in [-0.2, 0) is 0 Å². The van der Waals surface area contributed by atoms with E-state index in [4.69, 9.17) is 10.5 Å². The number of hydrogen-bond donors (Lipinski definition) is 1. The Morgan fingerprint density at radius 2 is 1.62 bits per heavy atom. The second-order valence-electron chi connectivity index (χ2n) is 5.59. The van der Waals surface area contributed by atoms with Crippen molar-refractivity contribution in [1.82, 2.24) is 0 Å². The van der Waals surface area contributed by atoms with Crippen LogP contribution in [0.15, 0.2) is 54.6 Å². The number of ether oxygens (including phenoxy) is 1. The van der Waals surface area contributed by atoms with Crippen LogP contribution in [0.2, 0.25) is 0 Å². The standard InChI is InChI=1S/C20H17N3O/c1-13-3-5-15(6-4-13)19-11-17(18(12-21)20(22)23-19)14-7-9-16(24-2)10-8-14/h3-11H,1-2H3,(H2,22,23)/p+1. The van der Waals surface area contributed by atoms with E-state index >= 15 is 0 Å². The summed E-state index contributed by atoms with van der Waals surface area (Å²) in [5, 5.41) is 9.48. The van der Waals surface area contributed by atoms with Crippen LogP contribution in [0, 0.1) is 18.3 Å². The number of anilines is 1. The number of nitriles is 1. The summed E-state index contributed by atoms with van der Waals surface area (Å²) >= 11 is 0. The summed E-state index contributed by atoms with van der Waals surface area (Å²) in [7, 11) is 1.63. The van der Waals surface area contributed by atoms with E-state index in [1.165, 1.54) is 5.56 Å². The van der Waals surface area contributed by atoms with Crippen LogP contribution < -0.4 is 15.5 Å². The Hall–Kier alpha value is -3.32. The van der Waals surface area contributed by atoms with Crippen LogP contribution in [0.5, 0.6) is 5.75 Å². The molecule has 0 fully saturated rings. The zero-order chi connectivity index (χ0) is 17.1. The molecule has 0 saturated heterocycles. The molecule has 4 heteroatoms. The Labute approximate surface area is 141 Å². The first kappa shape index (κ1) is 15.6. The largest absolute Gasteiger partial charge is 0.497 e. The van der Waals surface area contributed by atoms with Gasteiger partial charge in [-0.3, -0.25) is 5.73 Å². The first-order valence-corrected chi connectivity index (χ1v) is 7.59. The highest BCUT2D eigenvalue weighted by molar-refractivity contribution is 5.78. The monoisotopic (exact) mass is 316 g/mol. The molecule has 0 aliphatic heterocycles. The first-order valence-electron chi connectivity index (χ1n) is 7.59. The summed E-state index contributed by atoms with van der Waals surface area (Å²) in [6.07, 6.45) is 0. The van der Waals surface area contributed by atoms with Gasteiger partial charge in [0, 0.05) is 11.1 Å².